The number of piperidine rings is 1. The van der Waals surface area contributed by atoms with Crippen molar-refractivity contribution in [3.63, 3.8) is 0 Å². The molecule has 0 aromatic rings. The first-order valence-corrected chi connectivity index (χ1v) is 6.52. The summed E-state index contributed by atoms with van der Waals surface area (Å²) in [4.78, 5) is 2.67. The minimum absolute atomic E-state index is 0.350. The lowest BCUT2D eigenvalue weighted by Gasteiger charge is -2.46. The van der Waals surface area contributed by atoms with Gasteiger partial charge in [0.1, 0.15) is 0 Å². The third-order valence-electron chi connectivity index (χ3n) is 4.39. The molecule has 1 atom stereocenters. The highest BCUT2D eigenvalue weighted by atomic mass is 15.2. The zero-order valence-electron chi connectivity index (χ0n) is 11.6. The van der Waals surface area contributed by atoms with Crippen molar-refractivity contribution in [2.24, 2.45) is 11.3 Å². The van der Waals surface area contributed by atoms with Crippen LogP contribution in [0.25, 0.3) is 0 Å². The van der Waals surface area contributed by atoms with Crippen molar-refractivity contribution < 1.29 is 0 Å². The van der Waals surface area contributed by atoms with Crippen LogP contribution in [0.15, 0.2) is 0 Å². The van der Waals surface area contributed by atoms with Crippen molar-refractivity contribution in [1.82, 2.24) is 4.90 Å². The number of rotatable bonds is 2. The molecule has 0 aromatic carbocycles. The molecule has 0 amide bonds. The van der Waals surface area contributed by atoms with Gasteiger partial charge in [0.15, 0.2) is 0 Å². The normalized spacial score (nSPS) is 25.6. The Morgan fingerprint density at radius 3 is 2.20 bits per heavy atom. The fourth-order valence-electron chi connectivity index (χ4n) is 2.51. The average Bonchev–Trinajstić information content (AvgIpc) is 2.17. The van der Waals surface area contributed by atoms with E-state index in [9.17, 15) is 0 Å². The number of nitrogens with zero attached hydrogens (tertiary/aromatic N) is 1. The van der Waals surface area contributed by atoms with E-state index in [0.717, 1.165) is 5.92 Å². The summed E-state index contributed by atoms with van der Waals surface area (Å²) in [5, 5.41) is 0. The number of likely N-dealkylation sites (tertiary alicyclic amines) is 1. The highest BCUT2D eigenvalue weighted by Crippen LogP contribution is 2.37. The van der Waals surface area contributed by atoms with Crippen LogP contribution in [0.2, 0.25) is 0 Å². The van der Waals surface area contributed by atoms with Crippen LogP contribution >= 0.6 is 0 Å². The molecule has 0 radical (unpaired) electrons. The SMILES string of the molecule is CCC(C)(C)C1CCCN(C(C)(C)C)C1. The van der Waals surface area contributed by atoms with Gasteiger partial charge in [0.2, 0.25) is 0 Å². The van der Waals surface area contributed by atoms with E-state index >= 15 is 0 Å². The molecule has 0 N–H and O–H groups in total. The van der Waals surface area contributed by atoms with E-state index in [1.807, 2.05) is 0 Å². The monoisotopic (exact) mass is 211 g/mol. The standard InChI is InChI=1S/C14H29N/c1-7-14(5,6)12-9-8-10-15(11-12)13(2,3)4/h12H,7-11H2,1-6H3. The number of hydrogen-bond acceptors (Lipinski definition) is 1. The predicted molar refractivity (Wildman–Crippen MR) is 68.1 cm³/mol. The van der Waals surface area contributed by atoms with Crippen molar-refractivity contribution in [3.8, 4) is 0 Å². The van der Waals surface area contributed by atoms with Gasteiger partial charge >= 0.3 is 0 Å². The Kier molecular flexibility index (Phi) is 3.86. The second kappa shape index (κ2) is 4.45. The molecule has 1 fully saturated rings. The molecule has 1 unspecified atom stereocenters. The van der Waals surface area contributed by atoms with E-state index in [-0.39, 0.29) is 0 Å². The molecular weight excluding hydrogens is 182 g/mol. The molecule has 0 aromatic heterocycles. The van der Waals surface area contributed by atoms with Crippen LogP contribution in [-0.2, 0) is 0 Å². The Hall–Kier alpha value is -0.0400. The van der Waals surface area contributed by atoms with Crippen molar-refractivity contribution in [3.05, 3.63) is 0 Å². The van der Waals surface area contributed by atoms with E-state index < -0.39 is 0 Å². The van der Waals surface area contributed by atoms with Gasteiger partial charge in [-0.2, -0.15) is 0 Å². The predicted octanol–water partition coefficient (Wildman–Crippen LogP) is 3.93. The van der Waals surface area contributed by atoms with Crippen LogP contribution in [-0.4, -0.2) is 23.5 Å². The zero-order valence-corrected chi connectivity index (χ0v) is 11.6. The van der Waals surface area contributed by atoms with Gasteiger partial charge < -0.3 is 0 Å². The molecule has 90 valence electrons. The summed E-state index contributed by atoms with van der Waals surface area (Å²) in [6.45, 7) is 16.8. The zero-order chi connectivity index (χ0) is 11.7. The molecule has 1 nitrogen and oxygen atoms in total. The van der Waals surface area contributed by atoms with Crippen LogP contribution in [0.1, 0.15) is 60.8 Å². The lowest BCUT2D eigenvalue weighted by Crippen LogP contribution is -2.49. The van der Waals surface area contributed by atoms with E-state index in [1.165, 1.54) is 32.4 Å². The van der Waals surface area contributed by atoms with Gasteiger partial charge in [0.25, 0.3) is 0 Å². The first kappa shape index (κ1) is 13.0. The van der Waals surface area contributed by atoms with Gasteiger partial charge in [-0.15, -0.1) is 0 Å². The summed E-state index contributed by atoms with van der Waals surface area (Å²) in [6, 6.07) is 0. The molecule has 0 spiro atoms. The lowest BCUT2D eigenvalue weighted by molar-refractivity contribution is 0.0309. The Balaban J connectivity index is 2.64. The molecule has 1 saturated heterocycles. The largest absolute Gasteiger partial charge is 0.298 e. The first-order chi connectivity index (χ1) is 6.77. The van der Waals surface area contributed by atoms with Crippen LogP contribution in [0.3, 0.4) is 0 Å². The van der Waals surface area contributed by atoms with Crippen LogP contribution in [0.5, 0.6) is 0 Å². The molecular formula is C14H29N. The fraction of sp³-hybridized carbons (Fsp3) is 1.00. The quantitative estimate of drug-likeness (QED) is 0.669. The van der Waals surface area contributed by atoms with E-state index in [0.29, 0.717) is 11.0 Å². The molecule has 0 bridgehead atoms. The van der Waals surface area contributed by atoms with Crippen molar-refractivity contribution in [2.75, 3.05) is 13.1 Å². The van der Waals surface area contributed by atoms with Crippen LogP contribution in [0.4, 0.5) is 0 Å². The smallest absolute Gasteiger partial charge is 0.0125 e. The van der Waals surface area contributed by atoms with Gasteiger partial charge in [-0.1, -0.05) is 27.2 Å². The maximum absolute atomic E-state index is 2.67. The maximum Gasteiger partial charge on any atom is 0.0125 e. The Morgan fingerprint density at radius 1 is 1.13 bits per heavy atom. The molecule has 0 saturated carbocycles. The highest BCUT2D eigenvalue weighted by molar-refractivity contribution is 4.88. The minimum atomic E-state index is 0.350. The summed E-state index contributed by atoms with van der Waals surface area (Å²) in [5.74, 6) is 0.885. The number of hydrogen-bond donors (Lipinski definition) is 0. The maximum atomic E-state index is 2.67. The van der Waals surface area contributed by atoms with Gasteiger partial charge in [0.05, 0.1) is 0 Å². The Bertz CT molecular complexity index is 200. The summed E-state index contributed by atoms with van der Waals surface area (Å²) in [7, 11) is 0. The fourth-order valence-corrected chi connectivity index (χ4v) is 2.51. The molecule has 1 heterocycles. The molecule has 1 heteroatoms. The molecule has 1 rings (SSSR count). The summed E-state index contributed by atoms with van der Waals surface area (Å²) in [6.07, 6.45) is 4.11. The van der Waals surface area contributed by atoms with E-state index in [4.69, 9.17) is 0 Å². The van der Waals surface area contributed by atoms with Crippen molar-refractivity contribution >= 4 is 0 Å². The minimum Gasteiger partial charge on any atom is -0.298 e. The second-order valence-corrected chi connectivity index (χ2v) is 6.80. The molecule has 0 aliphatic carbocycles. The molecule has 1 aliphatic heterocycles. The van der Waals surface area contributed by atoms with E-state index in [2.05, 4.69) is 46.4 Å². The second-order valence-electron chi connectivity index (χ2n) is 6.80. The van der Waals surface area contributed by atoms with Gasteiger partial charge in [-0.25, -0.2) is 0 Å². The van der Waals surface area contributed by atoms with Gasteiger partial charge in [0, 0.05) is 12.1 Å². The summed E-state index contributed by atoms with van der Waals surface area (Å²) < 4.78 is 0. The average molecular weight is 211 g/mol. The topological polar surface area (TPSA) is 3.24 Å². The van der Waals surface area contributed by atoms with Gasteiger partial charge in [-0.05, 0) is 51.5 Å². The molecule has 15 heavy (non-hydrogen) atoms. The van der Waals surface area contributed by atoms with E-state index in [1.54, 1.807) is 0 Å². The van der Waals surface area contributed by atoms with Crippen LogP contribution in [0, 0.1) is 11.3 Å². The Labute approximate surface area is 96.2 Å². The van der Waals surface area contributed by atoms with Crippen molar-refractivity contribution in [1.29, 1.82) is 0 Å². The van der Waals surface area contributed by atoms with Crippen LogP contribution < -0.4 is 0 Å². The highest BCUT2D eigenvalue weighted by Gasteiger charge is 2.34. The molecule has 1 aliphatic rings. The summed E-state index contributed by atoms with van der Waals surface area (Å²) in [5.41, 5.74) is 0.867. The third kappa shape index (κ3) is 3.21. The van der Waals surface area contributed by atoms with Gasteiger partial charge in [-0.3, -0.25) is 4.90 Å². The third-order valence-corrected chi connectivity index (χ3v) is 4.39. The first-order valence-electron chi connectivity index (χ1n) is 6.52. The lowest BCUT2D eigenvalue weighted by atomic mass is 9.72. The summed E-state index contributed by atoms with van der Waals surface area (Å²) >= 11 is 0. The van der Waals surface area contributed by atoms with Crippen molar-refractivity contribution in [2.45, 2.75) is 66.3 Å². The Morgan fingerprint density at radius 2 is 1.73 bits per heavy atom.